The number of nitrogens with zero attached hydrogens (tertiary/aromatic N) is 5. The molecule has 1 N–H and O–H groups in total. The van der Waals surface area contributed by atoms with Crippen LogP contribution in [0.3, 0.4) is 0 Å². The zero-order chi connectivity index (χ0) is 23.7. The number of aryl methyl sites for hydroxylation is 1. The molecule has 0 atom stereocenters. The van der Waals surface area contributed by atoms with E-state index in [0.717, 1.165) is 5.56 Å². The number of nitrogens with one attached hydrogen (secondary N) is 1. The first-order valence-corrected chi connectivity index (χ1v) is 11.4. The van der Waals surface area contributed by atoms with Crippen LogP contribution in [-0.4, -0.2) is 30.8 Å². The summed E-state index contributed by atoms with van der Waals surface area (Å²) in [6.07, 6.45) is 0. The van der Waals surface area contributed by atoms with Gasteiger partial charge in [0, 0.05) is 5.69 Å². The molecule has 0 unspecified atom stereocenters. The molecular formula is C25H18N6O2S. The van der Waals surface area contributed by atoms with Crippen molar-refractivity contribution in [2.75, 3.05) is 11.1 Å². The van der Waals surface area contributed by atoms with Gasteiger partial charge in [0.15, 0.2) is 5.16 Å². The van der Waals surface area contributed by atoms with E-state index in [1.165, 1.54) is 16.3 Å². The van der Waals surface area contributed by atoms with Crippen LogP contribution in [0.25, 0.3) is 22.4 Å². The van der Waals surface area contributed by atoms with Crippen LogP contribution in [0.1, 0.15) is 11.1 Å². The Bertz CT molecular complexity index is 1650. The number of hydrogen-bond donors (Lipinski definition) is 1. The van der Waals surface area contributed by atoms with E-state index in [0.29, 0.717) is 38.8 Å². The Morgan fingerprint density at radius 3 is 2.65 bits per heavy atom. The highest BCUT2D eigenvalue weighted by atomic mass is 32.2. The Balaban J connectivity index is 1.53. The van der Waals surface area contributed by atoms with Gasteiger partial charge in [0.2, 0.25) is 11.7 Å². The Kier molecular flexibility index (Phi) is 5.57. The molecule has 0 aliphatic heterocycles. The number of fused-ring (bicyclic) bond motifs is 3. The topological polar surface area (TPSA) is 105 Å². The summed E-state index contributed by atoms with van der Waals surface area (Å²) in [5.74, 6) is 0.209. The predicted octanol–water partition coefficient (Wildman–Crippen LogP) is 3.94. The normalized spacial score (nSPS) is 10.9. The van der Waals surface area contributed by atoms with E-state index in [2.05, 4.69) is 21.6 Å². The van der Waals surface area contributed by atoms with Gasteiger partial charge in [0.25, 0.3) is 5.56 Å². The van der Waals surface area contributed by atoms with Gasteiger partial charge in [-0.3, -0.25) is 14.0 Å². The van der Waals surface area contributed by atoms with Gasteiger partial charge < -0.3 is 5.32 Å². The summed E-state index contributed by atoms with van der Waals surface area (Å²) in [6.45, 7) is 1.98. The zero-order valence-corrected chi connectivity index (χ0v) is 18.9. The quantitative estimate of drug-likeness (QED) is 0.393. The number of thioether (sulfide) groups is 1. The average Bonchev–Trinajstić information content (AvgIpc) is 3.28. The number of carbonyl (C=O) groups is 1. The second-order valence-corrected chi connectivity index (χ2v) is 8.58. The lowest BCUT2D eigenvalue weighted by Crippen LogP contribution is -2.22. The Morgan fingerprint density at radius 2 is 1.85 bits per heavy atom. The maximum atomic E-state index is 13.3. The van der Waals surface area contributed by atoms with Gasteiger partial charge in [0.1, 0.15) is 0 Å². The molecule has 8 nitrogen and oxygen atoms in total. The Morgan fingerprint density at radius 1 is 1.06 bits per heavy atom. The zero-order valence-electron chi connectivity index (χ0n) is 18.1. The van der Waals surface area contributed by atoms with E-state index < -0.39 is 0 Å². The largest absolute Gasteiger partial charge is 0.325 e. The van der Waals surface area contributed by atoms with Gasteiger partial charge >= 0.3 is 0 Å². The number of carbonyl (C=O) groups excluding carboxylic acids is 1. The molecule has 2 heterocycles. The molecule has 9 heteroatoms. The van der Waals surface area contributed by atoms with Gasteiger partial charge in [-0.2, -0.15) is 5.26 Å². The van der Waals surface area contributed by atoms with Gasteiger partial charge in [-0.15, -0.1) is 10.2 Å². The monoisotopic (exact) mass is 466 g/mol. The highest BCUT2D eigenvalue weighted by Crippen LogP contribution is 2.23. The van der Waals surface area contributed by atoms with Crippen molar-refractivity contribution < 1.29 is 4.79 Å². The number of rotatable bonds is 5. The molecule has 34 heavy (non-hydrogen) atoms. The third kappa shape index (κ3) is 3.91. The van der Waals surface area contributed by atoms with Crippen LogP contribution in [0, 0.1) is 18.3 Å². The summed E-state index contributed by atoms with van der Waals surface area (Å²) in [5.41, 5.74) is 3.26. The van der Waals surface area contributed by atoms with Crippen molar-refractivity contribution in [2.45, 2.75) is 12.1 Å². The fourth-order valence-corrected chi connectivity index (χ4v) is 4.43. The van der Waals surface area contributed by atoms with Gasteiger partial charge in [-0.05, 0) is 49.4 Å². The fraction of sp³-hybridized carbons (Fsp3) is 0.0800. The van der Waals surface area contributed by atoms with Crippen LogP contribution in [0.4, 0.5) is 5.69 Å². The third-order valence-corrected chi connectivity index (χ3v) is 6.22. The summed E-state index contributed by atoms with van der Waals surface area (Å²) in [7, 11) is 0. The number of amides is 1. The Hall–Kier alpha value is -4.42. The average molecular weight is 467 g/mol. The lowest BCUT2D eigenvalue weighted by Gasteiger charge is -2.11. The highest BCUT2D eigenvalue weighted by Gasteiger charge is 2.18. The van der Waals surface area contributed by atoms with Gasteiger partial charge in [-0.1, -0.05) is 47.7 Å². The van der Waals surface area contributed by atoms with Crippen LogP contribution in [0.15, 0.2) is 82.7 Å². The third-order valence-electron chi connectivity index (χ3n) is 5.29. The number of anilines is 1. The first-order valence-electron chi connectivity index (χ1n) is 10.4. The van der Waals surface area contributed by atoms with Crippen LogP contribution >= 0.6 is 11.8 Å². The van der Waals surface area contributed by atoms with Crippen LogP contribution in [-0.2, 0) is 4.79 Å². The number of aromatic nitrogens is 4. The second-order valence-electron chi connectivity index (χ2n) is 7.64. The van der Waals surface area contributed by atoms with Crippen molar-refractivity contribution in [3.8, 4) is 11.8 Å². The molecule has 0 aliphatic rings. The molecule has 0 bridgehead atoms. The minimum atomic E-state index is -0.243. The minimum Gasteiger partial charge on any atom is -0.325 e. The number of benzene rings is 3. The van der Waals surface area contributed by atoms with E-state index in [9.17, 15) is 9.59 Å². The summed E-state index contributed by atoms with van der Waals surface area (Å²) in [4.78, 5) is 25.9. The maximum Gasteiger partial charge on any atom is 0.267 e. The molecule has 3 aromatic carbocycles. The number of para-hydroxylation sites is 1. The summed E-state index contributed by atoms with van der Waals surface area (Å²) in [5, 5.41) is 21.4. The minimum absolute atomic E-state index is 0.0789. The van der Waals surface area contributed by atoms with Crippen molar-refractivity contribution in [3.05, 3.63) is 94.3 Å². The lowest BCUT2D eigenvalue weighted by molar-refractivity contribution is -0.113. The molecule has 0 radical (unpaired) electrons. The highest BCUT2D eigenvalue weighted by molar-refractivity contribution is 7.99. The first-order chi connectivity index (χ1) is 16.5. The van der Waals surface area contributed by atoms with E-state index >= 15 is 0 Å². The van der Waals surface area contributed by atoms with Crippen LogP contribution in [0.5, 0.6) is 0 Å². The van der Waals surface area contributed by atoms with Crippen molar-refractivity contribution in [2.24, 2.45) is 0 Å². The molecule has 166 valence electrons. The van der Waals surface area contributed by atoms with Crippen molar-refractivity contribution in [1.29, 1.82) is 5.26 Å². The maximum absolute atomic E-state index is 13.3. The SMILES string of the molecule is Cc1ccc(-n2c(=O)c3ccccc3n3c(SCC(=O)Nc4cccc(C#N)c4)nnc23)cc1. The standard InChI is InChI=1S/C25H18N6O2S/c1-16-9-11-19(12-10-16)30-23(33)20-7-2-3-8-21(20)31-24(30)28-29-25(31)34-15-22(32)27-18-6-4-5-17(13-18)14-26/h2-13H,15H2,1H3,(H,27,32). The van der Waals surface area contributed by atoms with E-state index in [1.54, 1.807) is 34.7 Å². The molecule has 5 aromatic rings. The summed E-state index contributed by atoms with van der Waals surface area (Å²) < 4.78 is 3.33. The van der Waals surface area contributed by atoms with E-state index in [-0.39, 0.29) is 17.2 Å². The molecule has 0 spiro atoms. The van der Waals surface area contributed by atoms with Crippen LogP contribution in [0.2, 0.25) is 0 Å². The van der Waals surface area contributed by atoms with Crippen molar-refractivity contribution >= 4 is 40.0 Å². The number of hydrogen-bond acceptors (Lipinski definition) is 6. The van der Waals surface area contributed by atoms with Crippen molar-refractivity contribution in [1.82, 2.24) is 19.2 Å². The molecule has 0 aliphatic carbocycles. The fourth-order valence-electron chi connectivity index (χ4n) is 3.69. The molecule has 5 rings (SSSR count). The lowest BCUT2D eigenvalue weighted by atomic mass is 10.2. The molecule has 0 saturated heterocycles. The molecule has 2 aromatic heterocycles. The predicted molar refractivity (Wildman–Crippen MR) is 131 cm³/mol. The summed E-state index contributed by atoms with van der Waals surface area (Å²) in [6, 6.07) is 23.7. The smallest absolute Gasteiger partial charge is 0.267 e. The van der Waals surface area contributed by atoms with E-state index in [4.69, 9.17) is 5.26 Å². The molecule has 0 saturated carbocycles. The molecule has 1 amide bonds. The second kappa shape index (κ2) is 8.84. The number of nitriles is 1. The summed E-state index contributed by atoms with van der Waals surface area (Å²) >= 11 is 1.22. The Labute approximate surface area is 198 Å². The molecular weight excluding hydrogens is 448 g/mol. The molecule has 0 fully saturated rings. The van der Waals surface area contributed by atoms with Crippen LogP contribution < -0.4 is 10.9 Å². The first kappa shape index (κ1) is 21.4. The van der Waals surface area contributed by atoms with E-state index in [1.807, 2.05) is 49.4 Å². The van der Waals surface area contributed by atoms with Gasteiger partial charge in [0.05, 0.1) is 34.0 Å². The van der Waals surface area contributed by atoms with Gasteiger partial charge in [-0.25, -0.2) is 4.57 Å². The van der Waals surface area contributed by atoms with Crippen molar-refractivity contribution in [3.63, 3.8) is 0 Å².